The van der Waals surface area contributed by atoms with Crippen molar-refractivity contribution in [3.63, 3.8) is 0 Å². The van der Waals surface area contributed by atoms with Gasteiger partial charge in [-0.25, -0.2) is 4.98 Å². The molecular formula is C13H20N2O2S. The predicted molar refractivity (Wildman–Crippen MR) is 71.0 cm³/mol. The van der Waals surface area contributed by atoms with Gasteiger partial charge in [0.25, 0.3) is 0 Å². The number of hydrogen-bond acceptors (Lipinski definition) is 5. The number of nitrogens with zero attached hydrogens (tertiary/aromatic N) is 1. The molecule has 18 heavy (non-hydrogen) atoms. The summed E-state index contributed by atoms with van der Waals surface area (Å²) in [6, 6.07) is 0.438. The number of thiazole rings is 1. The van der Waals surface area contributed by atoms with Crippen LogP contribution in [-0.2, 0) is 15.9 Å². The molecule has 1 aromatic heterocycles. The van der Waals surface area contributed by atoms with E-state index in [2.05, 4.69) is 12.2 Å². The third-order valence-corrected chi connectivity index (χ3v) is 4.74. The molecular weight excluding hydrogens is 248 g/mol. The van der Waals surface area contributed by atoms with Gasteiger partial charge >= 0.3 is 0 Å². The van der Waals surface area contributed by atoms with Crippen molar-refractivity contribution in [2.75, 3.05) is 26.4 Å². The number of rotatable bonds is 3. The molecule has 1 aliphatic carbocycles. The summed E-state index contributed by atoms with van der Waals surface area (Å²) in [5, 5.41) is 4.63. The van der Waals surface area contributed by atoms with Crippen LogP contribution in [0.25, 0.3) is 0 Å². The molecule has 2 unspecified atom stereocenters. The van der Waals surface area contributed by atoms with Crippen LogP contribution < -0.4 is 5.32 Å². The summed E-state index contributed by atoms with van der Waals surface area (Å²) in [7, 11) is 0. The zero-order valence-electron chi connectivity index (χ0n) is 10.8. The molecule has 0 bridgehead atoms. The minimum Gasteiger partial charge on any atom is -0.376 e. The fourth-order valence-corrected chi connectivity index (χ4v) is 3.85. The van der Waals surface area contributed by atoms with Crippen molar-refractivity contribution in [1.82, 2.24) is 10.3 Å². The first-order chi connectivity index (χ1) is 8.88. The molecule has 1 saturated heterocycles. The Morgan fingerprint density at radius 1 is 1.44 bits per heavy atom. The molecule has 100 valence electrons. The van der Waals surface area contributed by atoms with E-state index in [1.165, 1.54) is 29.8 Å². The molecule has 3 rings (SSSR count). The number of hydrogen-bond donors (Lipinski definition) is 1. The van der Waals surface area contributed by atoms with Crippen LogP contribution in [0.3, 0.4) is 0 Å². The van der Waals surface area contributed by atoms with Crippen LogP contribution in [0.1, 0.15) is 47.5 Å². The quantitative estimate of drug-likeness (QED) is 0.913. The van der Waals surface area contributed by atoms with Gasteiger partial charge in [0.1, 0.15) is 11.1 Å². The second-order valence-electron chi connectivity index (χ2n) is 4.80. The Morgan fingerprint density at radius 3 is 3.17 bits per heavy atom. The average Bonchev–Trinajstić information content (AvgIpc) is 2.85. The molecule has 1 fully saturated rings. The summed E-state index contributed by atoms with van der Waals surface area (Å²) < 4.78 is 11.2. The largest absolute Gasteiger partial charge is 0.376 e. The van der Waals surface area contributed by atoms with E-state index >= 15 is 0 Å². The highest BCUT2D eigenvalue weighted by Crippen LogP contribution is 2.36. The van der Waals surface area contributed by atoms with E-state index in [1.807, 2.05) is 11.3 Å². The Balaban J connectivity index is 1.81. The maximum Gasteiger partial charge on any atom is 0.132 e. The highest BCUT2D eigenvalue weighted by atomic mass is 32.1. The molecule has 1 aromatic rings. The molecule has 1 N–H and O–H groups in total. The molecule has 0 amide bonds. The van der Waals surface area contributed by atoms with E-state index in [9.17, 15) is 0 Å². The molecule has 0 radical (unpaired) electrons. The van der Waals surface area contributed by atoms with Gasteiger partial charge in [-0.2, -0.15) is 0 Å². The van der Waals surface area contributed by atoms with Crippen molar-refractivity contribution in [1.29, 1.82) is 0 Å². The first-order valence-corrected chi connectivity index (χ1v) is 7.62. The fourth-order valence-electron chi connectivity index (χ4n) is 2.65. The van der Waals surface area contributed by atoms with Crippen LogP contribution in [0.5, 0.6) is 0 Å². The van der Waals surface area contributed by atoms with E-state index in [1.54, 1.807) is 0 Å². The first-order valence-electron chi connectivity index (χ1n) is 6.80. The fraction of sp³-hybridized carbons (Fsp3) is 0.769. The van der Waals surface area contributed by atoms with Gasteiger partial charge in [-0.05, 0) is 25.8 Å². The van der Waals surface area contributed by atoms with Gasteiger partial charge < -0.3 is 14.8 Å². The van der Waals surface area contributed by atoms with Gasteiger partial charge in [0.2, 0.25) is 0 Å². The SMILES string of the molecule is CCNC1CCCc2sc(C3COCCO3)nc21. The summed E-state index contributed by atoms with van der Waals surface area (Å²) in [6.45, 7) is 5.20. The lowest BCUT2D eigenvalue weighted by Gasteiger charge is -2.22. The van der Waals surface area contributed by atoms with Crippen molar-refractivity contribution in [2.24, 2.45) is 0 Å². The summed E-state index contributed by atoms with van der Waals surface area (Å²) in [5.41, 5.74) is 1.26. The molecule has 2 atom stereocenters. The van der Waals surface area contributed by atoms with Gasteiger partial charge in [-0.3, -0.25) is 0 Å². The first kappa shape index (κ1) is 12.5. The Hall–Kier alpha value is -0.490. The molecule has 2 heterocycles. The number of aryl methyl sites for hydroxylation is 1. The van der Waals surface area contributed by atoms with E-state index in [0.29, 0.717) is 25.9 Å². The molecule has 0 saturated carbocycles. The van der Waals surface area contributed by atoms with Crippen molar-refractivity contribution in [3.05, 3.63) is 15.6 Å². The smallest absolute Gasteiger partial charge is 0.132 e. The van der Waals surface area contributed by atoms with Crippen molar-refractivity contribution in [3.8, 4) is 0 Å². The molecule has 0 spiro atoms. The van der Waals surface area contributed by atoms with Crippen LogP contribution in [0.4, 0.5) is 0 Å². The van der Waals surface area contributed by atoms with Crippen molar-refractivity contribution < 1.29 is 9.47 Å². The zero-order chi connectivity index (χ0) is 12.4. The van der Waals surface area contributed by atoms with Crippen LogP contribution in [0.15, 0.2) is 0 Å². The molecule has 1 aliphatic heterocycles. The minimum absolute atomic E-state index is 0.0524. The minimum atomic E-state index is 0.0524. The Morgan fingerprint density at radius 2 is 2.39 bits per heavy atom. The average molecular weight is 268 g/mol. The van der Waals surface area contributed by atoms with Crippen molar-refractivity contribution >= 4 is 11.3 Å². The zero-order valence-corrected chi connectivity index (χ0v) is 11.6. The lowest BCUT2D eigenvalue weighted by atomic mass is 9.98. The Kier molecular flexibility index (Phi) is 3.94. The summed E-state index contributed by atoms with van der Waals surface area (Å²) >= 11 is 1.82. The Bertz CT molecular complexity index is 402. The van der Waals surface area contributed by atoms with Gasteiger partial charge in [0.05, 0.1) is 31.6 Å². The maximum atomic E-state index is 5.74. The maximum absolute atomic E-state index is 5.74. The molecule has 5 heteroatoms. The van der Waals surface area contributed by atoms with Crippen LogP contribution in [0.2, 0.25) is 0 Å². The van der Waals surface area contributed by atoms with Crippen LogP contribution in [-0.4, -0.2) is 31.3 Å². The Labute approximate surface area is 112 Å². The van der Waals surface area contributed by atoms with E-state index < -0.39 is 0 Å². The topological polar surface area (TPSA) is 43.4 Å². The highest BCUT2D eigenvalue weighted by Gasteiger charge is 2.27. The predicted octanol–water partition coefficient (Wildman–Crippen LogP) is 2.22. The van der Waals surface area contributed by atoms with Crippen LogP contribution >= 0.6 is 11.3 Å². The number of ether oxygens (including phenoxy) is 2. The normalized spacial score (nSPS) is 28.1. The summed E-state index contributed by atoms with van der Waals surface area (Å²) in [5.74, 6) is 0. The number of aromatic nitrogens is 1. The third kappa shape index (κ3) is 2.45. The molecule has 2 aliphatic rings. The second-order valence-corrected chi connectivity index (χ2v) is 5.91. The summed E-state index contributed by atoms with van der Waals surface area (Å²) in [4.78, 5) is 6.27. The standard InChI is InChI=1S/C13H20N2O2S/c1-2-14-9-4-3-5-11-12(9)15-13(18-11)10-8-16-6-7-17-10/h9-10,14H,2-8H2,1H3. The van der Waals surface area contributed by atoms with E-state index in [-0.39, 0.29) is 6.10 Å². The van der Waals surface area contributed by atoms with Gasteiger partial charge in [0, 0.05) is 4.88 Å². The van der Waals surface area contributed by atoms with Gasteiger partial charge in [-0.1, -0.05) is 6.92 Å². The van der Waals surface area contributed by atoms with Gasteiger partial charge in [-0.15, -0.1) is 11.3 Å². The van der Waals surface area contributed by atoms with Crippen molar-refractivity contribution in [2.45, 2.75) is 38.3 Å². The number of nitrogens with one attached hydrogen (secondary N) is 1. The van der Waals surface area contributed by atoms with Gasteiger partial charge in [0.15, 0.2) is 0 Å². The lowest BCUT2D eigenvalue weighted by molar-refractivity contribution is -0.0902. The van der Waals surface area contributed by atoms with E-state index in [4.69, 9.17) is 14.5 Å². The van der Waals surface area contributed by atoms with E-state index in [0.717, 1.165) is 11.6 Å². The molecule has 4 nitrogen and oxygen atoms in total. The third-order valence-electron chi connectivity index (χ3n) is 3.51. The number of fused-ring (bicyclic) bond motifs is 1. The lowest BCUT2D eigenvalue weighted by Crippen LogP contribution is -2.25. The second kappa shape index (κ2) is 5.65. The summed E-state index contributed by atoms with van der Waals surface area (Å²) in [6.07, 6.45) is 3.68. The monoisotopic (exact) mass is 268 g/mol. The van der Waals surface area contributed by atoms with Crippen LogP contribution in [0, 0.1) is 0 Å². The molecule has 0 aromatic carbocycles. The highest BCUT2D eigenvalue weighted by molar-refractivity contribution is 7.11.